The summed E-state index contributed by atoms with van der Waals surface area (Å²) in [6, 6.07) is 2.13. The van der Waals surface area contributed by atoms with E-state index in [1.54, 1.807) is 20.2 Å². The van der Waals surface area contributed by atoms with E-state index >= 15 is 0 Å². The molecule has 1 fully saturated rings. The summed E-state index contributed by atoms with van der Waals surface area (Å²) in [5, 5.41) is 3.30. The molecule has 0 unspecified atom stereocenters. The highest BCUT2D eigenvalue weighted by Gasteiger charge is 2.27. The van der Waals surface area contributed by atoms with E-state index in [0.29, 0.717) is 37.9 Å². The van der Waals surface area contributed by atoms with Crippen LogP contribution in [0.4, 0.5) is 0 Å². The van der Waals surface area contributed by atoms with Gasteiger partial charge < -0.3 is 14.5 Å². The molecule has 0 saturated heterocycles. The van der Waals surface area contributed by atoms with E-state index in [0.717, 1.165) is 0 Å². The number of sulfonamides is 1. The van der Waals surface area contributed by atoms with Gasteiger partial charge in [-0.3, -0.25) is 0 Å². The molecule has 1 heterocycles. The average Bonchev–Trinajstić information content (AvgIpc) is 3.18. The van der Waals surface area contributed by atoms with Gasteiger partial charge in [-0.1, -0.05) is 0 Å². The second kappa shape index (κ2) is 7.23. The standard InChI is InChI=1S/C13H21BrN2O4S/c1-16(6-3-7-19-2)21(17,18)12-8-11(20-13(12)14)9-15-10-4-5-10/h8,10,15H,3-7,9H2,1-2H3. The third kappa shape index (κ3) is 4.53. The summed E-state index contributed by atoms with van der Waals surface area (Å²) in [5.74, 6) is 0.623. The summed E-state index contributed by atoms with van der Waals surface area (Å²) in [7, 11) is -0.383. The highest BCUT2D eigenvalue weighted by atomic mass is 79.9. The van der Waals surface area contributed by atoms with Crippen molar-refractivity contribution in [2.45, 2.75) is 36.7 Å². The lowest BCUT2D eigenvalue weighted by atomic mass is 10.4. The van der Waals surface area contributed by atoms with Crippen LogP contribution >= 0.6 is 15.9 Å². The molecule has 0 radical (unpaired) electrons. The maximum Gasteiger partial charge on any atom is 0.247 e. The number of furan rings is 1. The van der Waals surface area contributed by atoms with E-state index in [4.69, 9.17) is 9.15 Å². The Morgan fingerprint density at radius 2 is 2.24 bits per heavy atom. The first kappa shape index (κ1) is 17.0. The molecule has 1 aromatic rings. The largest absolute Gasteiger partial charge is 0.452 e. The van der Waals surface area contributed by atoms with Gasteiger partial charge in [0.15, 0.2) is 4.67 Å². The Morgan fingerprint density at radius 3 is 2.86 bits per heavy atom. The molecule has 1 aliphatic rings. The maximum absolute atomic E-state index is 12.5. The van der Waals surface area contributed by atoms with E-state index in [-0.39, 0.29) is 9.56 Å². The Labute approximate surface area is 134 Å². The number of methoxy groups -OCH3 is 1. The minimum absolute atomic E-state index is 0.176. The minimum atomic E-state index is -3.54. The zero-order valence-electron chi connectivity index (χ0n) is 12.3. The zero-order chi connectivity index (χ0) is 15.5. The fourth-order valence-corrected chi connectivity index (χ4v) is 4.08. The minimum Gasteiger partial charge on any atom is -0.452 e. The highest BCUT2D eigenvalue weighted by Crippen LogP contribution is 2.29. The van der Waals surface area contributed by atoms with Crippen LogP contribution in [0.25, 0.3) is 0 Å². The maximum atomic E-state index is 12.5. The van der Waals surface area contributed by atoms with Gasteiger partial charge in [0.25, 0.3) is 0 Å². The SMILES string of the molecule is COCCCN(C)S(=O)(=O)c1cc(CNC2CC2)oc1Br. The summed E-state index contributed by atoms with van der Waals surface area (Å²) in [5.41, 5.74) is 0. The molecule has 120 valence electrons. The second-order valence-corrected chi connectivity index (χ2v) is 7.91. The molecule has 0 aliphatic heterocycles. The van der Waals surface area contributed by atoms with Gasteiger partial charge in [0.05, 0.1) is 6.54 Å². The molecule has 0 spiro atoms. The van der Waals surface area contributed by atoms with Crippen molar-refractivity contribution in [1.29, 1.82) is 0 Å². The number of halogens is 1. The van der Waals surface area contributed by atoms with Crippen molar-refractivity contribution in [3.05, 3.63) is 16.5 Å². The number of nitrogens with zero attached hydrogens (tertiary/aromatic N) is 1. The molecule has 1 saturated carbocycles. The Morgan fingerprint density at radius 1 is 1.52 bits per heavy atom. The average molecular weight is 381 g/mol. The molecule has 0 amide bonds. The molecule has 1 aliphatic carbocycles. The van der Waals surface area contributed by atoms with E-state index in [1.807, 2.05) is 0 Å². The van der Waals surface area contributed by atoms with Gasteiger partial charge in [0, 0.05) is 39.4 Å². The topological polar surface area (TPSA) is 71.8 Å². The Bertz CT molecular complexity index is 569. The first-order valence-corrected chi connectivity index (χ1v) is 9.15. The van der Waals surface area contributed by atoms with Crippen LogP contribution in [0.1, 0.15) is 25.0 Å². The van der Waals surface area contributed by atoms with Crippen LogP contribution in [-0.2, 0) is 21.3 Å². The Hall–Kier alpha value is -0.410. The van der Waals surface area contributed by atoms with E-state index in [2.05, 4.69) is 21.2 Å². The zero-order valence-corrected chi connectivity index (χ0v) is 14.7. The normalized spacial score (nSPS) is 15.8. The van der Waals surface area contributed by atoms with E-state index < -0.39 is 10.0 Å². The van der Waals surface area contributed by atoms with Crippen LogP contribution in [0, 0.1) is 0 Å². The predicted molar refractivity (Wildman–Crippen MR) is 82.6 cm³/mol. The van der Waals surface area contributed by atoms with Crippen LogP contribution in [0.5, 0.6) is 0 Å². The summed E-state index contributed by atoms with van der Waals surface area (Å²) in [4.78, 5) is 0.176. The van der Waals surface area contributed by atoms with Gasteiger partial charge >= 0.3 is 0 Å². The van der Waals surface area contributed by atoms with Crippen molar-refractivity contribution >= 4 is 26.0 Å². The monoisotopic (exact) mass is 380 g/mol. The van der Waals surface area contributed by atoms with Crippen LogP contribution < -0.4 is 5.32 Å². The fourth-order valence-electron chi connectivity index (χ4n) is 1.91. The highest BCUT2D eigenvalue weighted by molar-refractivity contribution is 9.10. The molecule has 1 aromatic heterocycles. The van der Waals surface area contributed by atoms with Crippen molar-refractivity contribution < 1.29 is 17.6 Å². The molecule has 0 bridgehead atoms. The van der Waals surface area contributed by atoms with Crippen molar-refractivity contribution in [3.8, 4) is 0 Å². The molecule has 1 N–H and O–H groups in total. The van der Waals surface area contributed by atoms with Crippen molar-refractivity contribution in [1.82, 2.24) is 9.62 Å². The smallest absolute Gasteiger partial charge is 0.247 e. The summed E-state index contributed by atoms with van der Waals surface area (Å²) in [6.45, 7) is 1.48. The van der Waals surface area contributed by atoms with E-state index in [1.165, 1.54) is 17.1 Å². The summed E-state index contributed by atoms with van der Waals surface area (Å²) >= 11 is 3.20. The number of nitrogens with one attached hydrogen (secondary N) is 1. The van der Waals surface area contributed by atoms with E-state index in [9.17, 15) is 8.42 Å². The van der Waals surface area contributed by atoms with Gasteiger partial charge in [-0.2, -0.15) is 0 Å². The van der Waals surface area contributed by atoms with Gasteiger partial charge in [-0.25, -0.2) is 12.7 Å². The molecule has 8 heteroatoms. The second-order valence-electron chi connectivity index (χ2n) is 5.18. The molecule has 0 atom stereocenters. The van der Waals surface area contributed by atoms with Gasteiger partial charge in [-0.15, -0.1) is 0 Å². The fraction of sp³-hybridized carbons (Fsp3) is 0.692. The first-order valence-electron chi connectivity index (χ1n) is 6.92. The van der Waals surface area contributed by atoms with Crippen molar-refractivity contribution in [2.24, 2.45) is 0 Å². The Kier molecular flexibility index (Phi) is 5.84. The number of hydrogen-bond acceptors (Lipinski definition) is 5. The molecule has 0 aromatic carbocycles. The van der Waals surface area contributed by atoms with Crippen LogP contribution in [0.3, 0.4) is 0 Å². The van der Waals surface area contributed by atoms with Gasteiger partial charge in [0.2, 0.25) is 10.0 Å². The number of rotatable bonds is 9. The van der Waals surface area contributed by atoms with Crippen LogP contribution in [0.2, 0.25) is 0 Å². The van der Waals surface area contributed by atoms with Crippen molar-refractivity contribution in [3.63, 3.8) is 0 Å². The number of hydrogen-bond donors (Lipinski definition) is 1. The molecule has 2 rings (SSSR count). The molecule has 6 nitrogen and oxygen atoms in total. The Balaban J connectivity index is 2.03. The molecular formula is C13H21BrN2O4S. The summed E-state index contributed by atoms with van der Waals surface area (Å²) in [6.07, 6.45) is 3.00. The third-order valence-corrected chi connectivity index (χ3v) is 6.07. The molecular weight excluding hydrogens is 360 g/mol. The van der Waals surface area contributed by atoms with Gasteiger partial charge in [-0.05, 0) is 35.2 Å². The first-order chi connectivity index (χ1) is 9.95. The van der Waals surface area contributed by atoms with Crippen LogP contribution in [-0.4, -0.2) is 46.1 Å². The van der Waals surface area contributed by atoms with Gasteiger partial charge in [0.1, 0.15) is 10.7 Å². The third-order valence-electron chi connectivity index (χ3n) is 3.36. The lowest BCUT2D eigenvalue weighted by Gasteiger charge is -2.15. The molecule has 21 heavy (non-hydrogen) atoms. The lowest BCUT2D eigenvalue weighted by molar-refractivity contribution is 0.189. The quantitative estimate of drug-likeness (QED) is 0.662. The number of ether oxygens (including phenoxy) is 1. The lowest BCUT2D eigenvalue weighted by Crippen LogP contribution is -2.28. The van der Waals surface area contributed by atoms with Crippen molar-refractivity contribution in [2.75, 3.05) is 27.3 Å². The van der Waals surface area contributed by atoms with Crippen LogP contribution in [0.15, 0.2) is 20.0 Å². The predicted octanol–water partition coefficient (Wildman–Crippen LogP) is 1.95. The summed E-state index contributed by atoms with van der Waals surface area (Å²) < 4.78 is 37.0.